The molecule has 0 aliphatic heterocycles. The van der Waals surface area contributed by atoms with E-state index < -0.39 is 0 Å². The van der Waals surface area contributed by atoms with Crippen molar-refractivity contribution in [3.05, 3.63) is 58.6 Å². The third-order valence-corrected chi connectivity index (χ3v) is 3.13. The molecule has 4 heteroatoms. The van der Waals surface area contributed by atoms with Gasteiger partial charge in [-0.1, -0.05) is 28.1 Å². The van der Waals surface area contributed by atoms with Crippen LogP contribution >= 0.6 is 15.9 Å². The lowest BCUT2D eigenvalue weighted by Crippen LogP contribution is -2.26. The van der Waals surface area contributed by atoms with Crippen molar-refractivity contribution in [3.63, 3.8) is 0 Å². The number of anilines is 2. The number of rotatable bonds is 2. The largest absolute Gasteiger partial charge is 0.399 e. The van der Waals surface area contributed by atoms with Crippen LogP contribution < -0.4 is 10.6 Å². The summed E-state index contributed by atoms with van der Waals surface area (Å²) >= 11 is 3.36. The van der Waals surface area contributed by atoms with Crippen LogP contribution in [-0.4, -0.2) is 13.0 Å². The fourth-order valence-electron chi connectivity index (χ4n) is 1.67. The SMILES string of the molecule is CN(C(=O)c1cccc(Br)c1)c1cccc(N)c1. The molecule has 2 aromatic carbocycles. The summed E-state index contributed by atoms with van der Waals surface area (Å²) in [6, 6.07) is 14.6. The van der Waals surface area contributed by atoms with Crippen molar-refractivity contribution in [2.45, 2.75) is 0 Å². The Hall–Kier alpha value is -1.81. The summed E-state index contributed by atoms with van der Waals surface area (Å²) in [6.07, 6.45) is 0. The van der Waals surface area contributed by atoms with E-state index in [1.165, 1.54) is 0 Å². The highest BCUT2D eigenvalue weighted by atomic mass is 79.9. The molecule has 0 spiro atoms. The van der Waals surface area contributed by atoms with Gasteiger partial charge in [-0.2, -0.15) is 0 Å². The van der Waals surface area contributed by atoms with E-state index >= 15 is 0 Å². The number of hydrogen-bond acceptors (Lipinski definition) is 2. The van der Waals surface area contributed by atoms with Crippen LogP contribution in [0.3, 0.4) is 0 Å². The molecule has 0 aromatic heterocycles. The Kier molecular flexibility index (Phi) is 3.67. The summed E-state index contributed by atoms with van der Waals surface area (Å²) in [5.74, 6) is -0.0677. The van der Waals surface area contributed by atoms with Crippen molar-refractivity contribution in [2.24, 2.45) is 0 Å². The summed E-state index contributed by atoms with van der Waals surface area (Å²) in [6.45, 7) is 0. The summed E-state index contributed by atoms with van der Waals surface area (Å²) < 4.78 is 0.884. The molecule has 0 saturated carbocycles. The molecule has 2 aromatic rings. The molecule has 0 atom stereocenters. The minimum absolute atomic E-state index is 0.0677. The van der Waals surface area contributed by atoms with Gasteiger partial charge in [0.15, 0.2) is 0 Å². The second-order valence-electron chi connectivity index (χ2n) is 3.97. The lowest BCUT2D eigenvalue weighted by Gasteiger charge is -2.17. The molecule has 0 fully saturated rings. The van der Waals surface area contributed by atoms with Gasteiger partial charge in [-0.3, -0.25) is 4.79 Å². The molecular formula is C14H13BrN2O. The minimum atomic E-state index is -0.0677. The number of benzene rings is 2. The van der Waals surface area contributed by atoms with Crippen LogP contribution in [0.5, 0.6) is 0 Å². The maximum Gasteiger partial charge on any atom is 0.258 e. The summed E-state index contributed by atoms with van der Waals surface area (Å²) in [7, 11) is 1.73. The zero-order valence-corrected chi connectivity index (χ0v) is 11.5. The Balaban J connectivity index is 2.29. The maximum absolute atomic E-state index is 12.3. The van der Waals surface area contributed by atoms with Gasteiger partial charge in [-0.15, -0.1) is 0 Å². The molecule has 0 bridgehead atoms. The lowest BCUT2D eigenvalue weighted by atomic mass is 10.2. The van der Waals surface area contributed by atoms with Gasteiger partial charge in [0.1, 0.15) is 0 Å². The molecule has 0 aliphatic carbocycles. The summed E-state index contributed by atoms with van der Waals surface area (Å²) in [5, 5.41) is 0. The monoisotopic (exact) mass is 304 g/mol. The molecule has 18 heavy (non-hydrogen) atoms. The molecule has 0 heterocycles. The van der Waals surface area contributed by atoms with Gasteiger partial charge >= 0.3 is 0 Å². The zero-order chi connectivity index (χ0) is 13.1. The number of amides is 1. The molecule has 0 radical (unpaired) electrons. The van der Waals surface area contributed by atoms with Gasteiger partial charge in [0.25, 0.3) is 5.91 Å². The normalized spacial score (nSPS) is 10.1. The van der Waals surface area contributed by atoms with E-state index in [0.717, 1.165) is 10.2 Å². The van der Waals surface area contributed by atoms with Gasteiger partial charge in [-0.05, 0) is 36.4 Å². The minimum Gasteiger partial charge on any atom is -0.399 e. The van der Waals surface area contributed by atoms with Crippen LogP contribution in [0.4, 0.5) is 11.4 Å². The van der Waals surface area contributed by atoms with Gasteiger partial charge in [-0.25, -0.2) is 0 Å². The first kappa shape index (κ1) is 12.6. The fraction of sp³-hybridized carbons (Fsp3) is 0.0714. The Morgan fingerprint density at radius 1 is 1.17 bits per heavy atom. The first-order chi connectivity index (χ1) is 8.58. The average molecular weight is 305 g/mol. The predicted octanol–water partition coefficient (Wildman–Crippen LogP) is 3.31. The van der Waals surface area contributed by atoms with E-state index in [4.69, 9.17) is 5.73 Å². The number of nitrogens with zero attached hydrogens (tertiary/aromatic N) is 1. The van der Waals surface area contributed by atoms with Crippen molar-refractivity contribution < 1.29 is 4.79 Å². The van der Waals surface area contributed by atoms with Crippen molar-refractivity contribution >= 4 is 33.2 Å². The second-order valence-corrected chi connectivity index (χ2v) is 4.89. The van der Waals surface area contributed by atoms with Crippen LogP contribution in [0.25, 0.3) is 0 Å². The number of hydrogen-bond donors (Lipinski definition) is 1. The number of halogens is 1. The average Bonchev–Trinajstić information content (AvgIpc) is 2.37. The van der Waals surface area contributed by atoms with E-state index in [0.29, 0.717) is 11.3 Å². The summed E-state index contributed by atoms with van der Waals surface area (Å²) in [5.41, 5.74) is 7.77. The van der Waals surface area contributed by atoms with Crippen LogP contribution in [-0.2, 0) is 0 Å². The van der Waals surface area contributed by atoms with Crippen LogP contribution in [0.2, 0.25) is 0 Å². The van der Waals surface area contributed by atoms with Gasteiger partial charge in [0, 0.05) is 28.5 Å². The van der Waals surface area contributed by atoms with Gasteiger partial charge < -0.3 is 10.6 Å². The quantitative estimate of drug-likeness (QED) is 0.865. The second kappa shape index (κ2) is 5.23. The first-order valence-electron chi connectivity index (χ1n) is 5.47. The van der Waals surface area contributed by atoms with Crippen molar-refractivity contribution in [3.8, 4) is 0 Å². The van der Waals surface area contributed by atoms with Crippen LogP contribution in [0, 0.1) is 0 Å². The number of nitrogen functional groups attached to an aromatic ring is 1. The molecule has 0 unspecified atom stereocenters. The van der Waals surface area contributed by atoms with Crippen LogP contribution in [0.1, 0.15) is 10.4 Å². The molecule has 3 nitrogen and oxygen atoms in total. The highest BCUT2D eigenvalue weighted by Crippen LogP contribution is 2.19. The highest BCUT2D eigenvalue weighted by Gasteiger charge is 2.13. The van der Waals surface area contributed by atoms with E-state index in [9.17, 15) is 4.79 Å². The molecule has 2 rings (SSSR count). The summed E-state index contributed by atoms with van der Waals surface area (Å²) in [4.78, 5) is 13.9. The number of carbonyl (C=O) groups excluding carboxylic acids is 1. The van der Waals surface area contributed by atoms with Crippen molar-refractivity contribution in [1.29, 1.82) is 0 Å². The van der Waals surface area contributed by atoms with Gasteiger partial charge in [0.2, 0.25) is 0 Å². The highest BCUT2D eigenvalue weighted by molar-refractivity contribution is 9.10. The molecule has 1 amide bonds. The first-order valence-corrected chi connectivity index (χ1v) is 6.26. The topological polar surface area (TPSA) is 46.3 Å². The molecule has 0 saturated heterocycles. The Bertz CT molecular complexity index is 584. The molecule has 0 aliphatic rings. The van der Waals surface area contributed by atoms with Crippen molar-refractivity contribution in [2.75, 3.05) is 17.7 Å². The third kappa shape index (κ3) is 2.71. The maximum atomic E-state index is 12.3. The Morgan fingerprint density at radius 3 is 2.56 bits per heavy atom. The van der Waals surface area contributed by atoms with E-state index in [2.05, 4.69) is 15.9 Å². The van der Waals surface area contributed by atoms with E-state index in [1.54, 1.807) is 36.2 Å². The Labute approximate surface area is 114 Å². The standard InChI is InChI=1S/C14H13BrN2O/c1-17(13-7-3-6-12(16)9-13)14(18)10-4-2-5-11(15)8-10/h2-9H,16H2,1H3. The smallest absolute Gasteiger partial charge is 0.258 e. The number of nitrogens with two attached hydrogens (primary N) is 1. The molecule has 92 valence electrons. The zero-order valence-electron chi connectivity index (χ0n) is 9.93. The lowest BCUT2D eigenvalue weighted by molar-refractivity contribution is 0.0993. The predicted molar refractivity (Wildman–Crippen MR) is 77.7 cm³/mol. The number of carbonyl (C=O) groups is 1. The van der Waals surface area contributed by atoms with E-state index in [1.807, 2.05) is 24.3 Å². The van der Waals surface area contributed by atoms with Crippen molar-refractivity contribution in [1.82, 2.24) is 0 Å². The van der Waals surface area contributed by atoms with Crippen LogP contribution in [0.15, 0.2) is 53.0 Å². The Morgan fingerprint density at radius 2 is 1.89 bits per heavy atom. The van der Waals surface area contributed by atoms with Gasteiger partial charge in [0.05, 0.1) is 0 Å². The molecule has 2 N–H and O–H groups in total. The third-order valence-electron chi connectivity index (χ3n) is 2.63. The van der Waals surface area contributed by atoms with E-state index in [-0.39, 0.29) is 5.91 Å². The fourth-order valence-corrected chi connectivity index (χ4v) is 2.07. The molecular weight excluding hydrogens is 292 g/mol.